The Morgan fingerprint density at radius 1 is 1.44 bits per heavy atom. The minimum Gasteiger partial charge on any atom is -0.462 e. The molecule has 1 aliphatic carbocycles. The molecule has 0 saturated heterocycles. The molecule has 2 unspecified atom stereocenters. The first-order chi connectivity index (χ1) is 11.7. The van der Waals surface area contributed by atoms with Crippen LogP contribution in [0.4, 0.5) is 0 Å². The van der Waals surface area contributed by atoms with E-state index in [9.17, 15) is 13.2 Å². The minimum absolute atomic E-state index is 0.192. The van der Waals surface area contributed by atoms with Crippen molar-refractivity contribution in [1.82, 2.24) is 8.87 Å². The summed E-state index contributed by atoms with van der Waals surface area (Å²) in [5, 5.41) is 0. The number of esters is 1. The molecular formula is C17H23N3O4S. The van der Waals surface area contributed by atoms with Gasteiger partial charge in [0.2, 0.25) is 10.0 Å². The molecule has 8 heteroatoms. The van der Waals surface area contributed by atoms with Gasteiger partial charge in [0.25, 0.3) is 0 Å². The molecule has 2 rings (SSSR count). The van der Waals surface area contributed by atoms with E-state index in [1.807, 2.05) is 14.1 Å². The number of allylic oxidation sites excluding steroid dienone is 2. The molecule has 1 aromatic rings. The molecule has 1 heterocycles. The van der Waals surface area contributed by atoms with Crippen LogP contribution in [0.15, 0.2) is 47.8 Å². The molecule has 136 valence electrons. The van der Waals surface area contributed by atoms with Crippen molar-refractivity contribution in [2.75, 3.05) is 20.7 Å². The Hall–Kier alpha value is -2.35. The van der Waals surface area contributed by atoms with Crippen LogP contribution in [0, 0.1) is 0 Å². The zero-order valence-corrected chi connectivity index (χ0v) is 15.6. The maximum Gasteiger partial charge on any atom is 0.339 e. The van der Waals surface area contributed by atoms with Crippen LogP contribution in [0.25, 0.3) is 0 Å². The van der Waals surface area contributed by atoms with Crippen LogP contribution in [-0.4, -0.2) is 61.1 Å². The van der Waals surface area contributed by atoms with Gasteiger partial charge in [-0.05, 0) is 19.9 Å². The van der Waals surface area contributed by atoms with Crippen LogP contribution in [-0.2, 0) is 14.8 Å². The smallest absolute Gasteiger partial charge is 0.339 e. The molecule has 7 nitrogen and oxygen atoms in total. The monoisotopic (exact) mass is 365 g/mol. The van der Waals surface area contributed by atoms with Crippen molar-refractivity contribution in [2.24, 2.45) is 4.99 Å². The molecule has 0 amide bonds. The van der Waals surface area contributed by atoms with E-state index in [1.54, 1.807) is 49.4 Å². The van der Waals surface area contributed by atoms with E-state index in [1.165, 1.54) is 18.5 Å². The van der Waals surface area contributed by atoms with Crippen molar-refractivity contribution in [3.63, 3.8) is 0 Å². The van der Waals surface area contributed by atoms with Crippen molar-refractivity contribution in [1.29, 1.82) is 0 Å². The summed E-state index contributed by atoms with van der Waals surface area (Å²) < 4.78 is 31.1. The zero-order chi connectivity index (χ0) is 18.7. The number of nitrogens with zero attached hydrogens (tertiary/aromatic N) is 3. The first-order valence-corrected chi connectivity index (χ1v) is 9.32. The van der Waals surface area contributed by atoms with Gasteiger partial charge in [-0.15, -0.1) is 0 Å². The number of aromatic nitrogens is 1. The average molecular weight is 365 g/mol. The second-order valence-electron chi connectivity index (χ2n) is 6.06. The fraction of sp³-hybridized carbons (Fsp3) is 0.412. The van der Waals surface area contributed by atoms with Gasteiger partial charge in [0.05, 0.1) is 24.6 Å². The van der Waals surface area contributed by atoms with Crippen LogP contribution in [0.2, 0.25) is 0 Å². The van der Waals surface area contributed by atoms with E-state index in [4.69, 9.17) is 4.74 Å². The molecule has 1 aliphatic rings. The fourth-order valence-corrected chi connectivity index (χ4v) is 4.06. The summed E-state index contributed by atoms with van der Waals surface area (Å²) >= 11 is 0. The summed E-state index contributed by atoms with van der Waals surface area (Å²) in [6, 6.07) is 0.845. The van der Waals surface area contributed by atoms with E-state index in [-0.39, 0.29) is 12.2 Å². The molecule has 0 spiro atoms. The van der Waals surface area contributed by atoms with Gasteiger partial charge in [-0.25, -0.2) is 13.2 Å². The van der Waals surface area contributed by atoms with Gasteiger partial charge in [0.1, 0.15) is 4.75 Å². The van der Waals surface area contributed by atoms with Crippen molar-refractivity contribution in [3.05, 3.63) is 48.3 Å². The van der Waals surface area contributed by atoms with Crippen LogP contribution < -0.4 is 0 Å². The summed E-state index contributed by atoms with van der Waals surface area (Å²) in [4.78, 5) is 17.9. The van der Waals surface area contributed by atoms with Gasteiger partial charge in [-0.1, -0.05) is 24.3 Å². The Balaban J connectivity index is 2.41. The molecule has 0 saturated carbocycles. The molecule has 0 fully saturated rings. The van der Waals surface area contributed by atoms with E-state index in [0.29, 0.717) is 0 Å². The summed E-state index contributed by atoms with van der Waals surface area (Å²) in [6.07, 6.45) is 11.0. The Morgan fingerprint density at radius 2 is 2.16 bits per heavy atom. The highest BCUT2D eigenvalue weighted by Crippen LogP contribution is 2.31. The van der Waals surface area contributed by atoms with E-state index in [2.05, 4.69) is 4.99 Å². The minimum atomic E-state index is -3.85. The zero-order valence-electron chi connectivity index (χ0n) is 14.8. The predicted octanol–water partition coefficient (Wildman–Crippen LogP) is 1.69. The van der Waals surface area contributed by atoms with Crippen LogP contribution >= 0.6 is 0 Å². The first-order valence-electron chi connectivity index (χ1n) is 7.88. The highest BCUT2D eigenvalue weighted by atomic mass is 32.2. The SMILES string of the molecule is CCOC(=O)c1ccn(S(=O)(=O)C2(C)C=CC=CC2N=CN(C)C)c1. The van der Waals surface area contributed by atoms with Gasteiger partial charge in [-0.3, -0.25) is 8.96 Å². The molecule has 0 aromatic carbocycles. The average Bonchev–Trinajstić information content (AvgIpc) is 3.05. The number of ether oxygens (including phenoxy) is 1. The van der Waals surface area contributed by atoms with E-state index >= 15 is 0 Å². The second-order valence-corrected chi connectivity index (χ2v) is 8.31. The molecule has 0 aliphatic heterocycles. The molecule has 2 atom stereocenters. The topological polar surface area (TPSA) is 81.0 Å². The fourth-order valence-electron chi connectivity index (χ4n) is 2.44. The van der Waals surface area contributed by atoms with Crippen molar-refractivity contribution in [2.45, 2.75) is 24.6 Å². The third-order valence-electron chi connectivity index (χ3n) is 3.89. The Bertz CT molecular complexity index is 821. The Morgan fingerprint density at radius 3 is 2.80 bits per heavy atom. The third-order valence-corrected chi connectivity index (χ3v) is 6.16. The number of rotatable bonds is 6. The lowest BCUT2D eigenvalue weighted by Gasteiger charge is -2.32. The third kappa shape index (κ3) is 3.68. The predicted molar refractivity (Wildman–Crippen MR) is 97.4 cm³/mol. The number of carbonyl (C=O) groups is 1. The largest absolute Gasteiger partial charge is 0.462 e. The molecule has 25 heavy (non-hydrogen) atoms. The highest BCUT2D eigenvalue weighted by molar-refractivity contribution is 7.91. The van der Waals surface area contributed by atoms with E-state index < -0.39 is 26.8 Å². The van der Waals surface area contributed by atoms with Gasteiger partial charge >= 0.3 is 5.97 Å². The number of aliphatic imine (C=N–C) groups is 1. The summed E-state index contributed by atoms with van der Waals surface area (Å²) in [5.41, 5.74) is 0.192. The van der Waals surface area contributed by atoms with Crippen LogP contribution in [0.1, 0.15) is 24.2 Å². The number of hydrogen-bond donors (Lipinski definition) is 0. The molecule has 0 radical (unpaired) electrons. The lowest BCUT2D eigenvalue weighted by Crippen LogP contribution is -2.47. The van der Waals surface area contributed by atoms with Gasteiger partial charge < -0.3 is 9.64 Å². The number of hydrogen-bond acceptors (Lipinski definition) is 5. The van der Waals surface area contributed by atoms with Crippen molar-refractivity contribution >= 4 is 22.3 Å². The summed E-state index contributed by atoms with van der Waals surface area (Å²) in [5.74, 6) is -0.553. The molecule has 0 N–H and O–H groups in total. The lowest BCUT2D eigenvalue weighted by molar-refractivity contribution is 0.0526. The molecule has 0 bridgehead atoms. The quantitative estimate of drug-likeness (QED) is 0.435. The van der Waals surface area contributed by atoms with E-state index in [0.717, 1.165) is 3.97 Å². The molecular weight excluding hydrogens is 342 g/mol. The maximum atomic E-state index is 13.2. The Kier molecular flexibility index (Phi) is 5.52. The number of carbonyl (C=O) groups excluding carboxylic acids is 1. The van der Waals surface area contributed by atoms with Gasteiger partial charge in [-0.2, -0.15) is 0 Å². The highest BCUT2D eigenvalue weighted by Gasteiger charge is 2.45. The maximum absolute atomic E-state index is 13.2. The van der Waals surface area contributed by atoms with Gasteiger partial charge in [0, 0.05) is 26.5 Å². The van der Waals surface area contributed by atoms with Gasteiger partial charge in [0.15, 0.2) is 0 Å². The van der Waals surface area contributed by atoms with Crippen molar-refractivity contribution < 1.29 is 17.9 Å². The van der Waals surface area contributed by atoms with Crippen molar-refractivity contribution in [3.8, 4) is 0 Å². The standard InChI is InChI=1S/C17H23N3O4S/c1-5-24-16(21)14-9-11-20(12-14)25(22,23)17(2)10-7-6-8-15(17)18-13-19(3)4/h6-13,15H,5H2,1-4H3. The first kappa shape index (κ1) is 19.0. The van der Waals surface area contributed by atoms with Crippen LogP contribution in [0.5, 0.6) is 0 Å². The lowest BCUT2D eigenvalue weighted by atomic mass is 9.97. The summed E-state index contributed by atoms with van der Waals surface area (Å²) in [7, 11) is -0.218. The Labute approximate surface area is 148 Å². The molecule has 1 aromatic heterocycles. The normalized spacial score (nSPS) is 23.1. The summed E-state index contributed by atoms with van der Waals surface area (Å²) in [6.45, 7) is 3.53. The van der Waals surface area contributed by atoms with Crippen LogP contribution in [0.3, 0.4) is 0 Å². The second kappa shape index (κ2) is 7.26.